The van der Waals surface area contributed by atoms with Crippen LogP contribution >= 0.6 is 11.3 Å². The SMILES string of the molecule is O=C(CCCc1cccs1)N1CC(=O)N(C2CCCCC2)CC(OCc2cccnc2)C1. The Morgan fingerprint density at radius 1 is 1.16 bits per heavy atom. The Kier molecular flexibility index (Phi) is 8.29. The molecule has 6 nitrogen and oxygen atoms in total. The van der Waals surface area contributed by atoms with Crippen molar-refractivity contribution in [2.75, 3.05) is 19.6 Å². The Balaban J connectivity index is 1.40. The van der Waals surface area contributed by atoms with Crippen molar-refractivity contribution >= 4 is 23.2 Å². The van der Waals surface area contributed by atoms with Gasteiger partial charge in [-0.3, -0.25) is 14.6 Å². The van der Waals surface area contributed by atoms with Crippen LogP contribution in [0.5, 0.6) is 0 Å². The summed E-state index contributed by atoms with van der Waals surface area (Å²) in [6.07, 6.45) is 11.2. The topological polar surface area (TPSA) is 62.7 Å². The highest BCUT2D eigenvalue weighted by atomic mass is 32.1. The molecule has 4 rings (SSSR count). The number of nitrogens with zero attached hydrogens (tertiary/aromatic N) is 3. The molecule has 1 aliphatic carbocycles. The largest absolute Gasteiger partial charge is 0.370 e. The van der Waals surface area contributed by atoms with Crippen LogP contribution in [0.2, 0.25) is 0 Å². The zero-order chi connectivity index (χ0) is 22.2. The fraction of sp³-hybridized carbons (Fsp3) is 0.560. The van der Waals surface area contributed by atoms with Crippen LogP contribution in [0.3, 0.4) is 0 Å². The van der Waals surface area contributed by atoms with Crippen LogP contribution in [0, 0.1) is 0 Å². The van der Waals surface area contributed by atoms with E-state index in [0.29, 0.717) is 26.1 Å². The Labute approximate surface area is 194 Å². The van der Waals surface area contributed by atoms with Crippen molar-refractivity contribution in [3.05, 3.63) is 52.5 Å². The van der Waals surface area contributed by atoms with Crippen molar-refractivity contribution in [2.24, 2.45) is 0 Å². The fourth-order valence-electron chi connectivity index (χ4n) is 4.71. The summed E-state index contributed by atoms with van der Waals surface area (Å²) in [5, 5.41) is 2.06. The van der Waals surface area contributed by atoms with Crippen molar-refractivity contribution in [2.45, 2.75) is 70.1 Å². The van der Waals surface area contributed by atoms with Gasteiger partial charge >= 0.3 is 0 Å². The van der Waals surface area contributed by atoms with Crippen molar-refractivity contribution < 1.29 is 14.3 Å². The predicted molar refractivity (Wildman–Crippen MR) is 125 cm³/mol. The molecule has 2 fully saturated rings. The number of aryl methyl sites for hydroxylation is 1. The van der Waals surface area contributed by atoms with E-state index in [0.717, 1.165) is 31.2 Å². The van der Waals surface area contributed by atoms with E-state index in [4.69, 9.17) is 4.74 Å². The molecule has 0 radical (unpaired) electrons. The molecule has 3 heterocycles. The predicted octanol–water partition coefficient (Wildman–Crippen LogP) is 4.05. The molecule has 1 unspecified atom stereocenters. The molecule has 1 aliphatic heterocycles. The number of ether oxygens (including phenoxy) is 1. The van der Waals surface area contributed by atoms with Gasteiger partial charge in [-0.05, 0) is 48.8 Å². The number of aromatic nitrogens is 1. The highest BCUT2D eigenvalue weighted by Gasteiger charge is 2.34. The summed E-state index contributed by atoms with van der Waals surface area (Å²) < 4.78 is 6.24. The van der Waals surface area contributed by atoms with E-state index in [-0.39, 0.29) is 30.5 Å². The first-order valence-corrected chi connectivity index (χ1v) is 12.7. The Morgan fingerprint density at radius 2 is 2.03 bits per heavy atom. The van der Waals surface area contributed by atoms with Gasteiger partial charge in [-0.25, -0.2) is 0 Å². The molecule has 0 aromatic carbocycles. The monoisotopic (exact) mass is 455 g/mol. The van der Waals surface area contributed by atoms with Gasteiger partial charge in [-0.15, -0.1) is 11.3 Å². The first-order chi connectivity index (χ1) is 15.7. The average molecular weight is 456 g/mol. The minimum Gasteiger partial charge on any atom is -0.370 e. The highest BCUT2D eigenvalue weighted by Crippen LogP contribution is 2.25. The minimum atomic E-state index is -0.190. The van der Waals surface area contributed by atoms with E-state index in [9.17, 15) is 9.59 Å². The number of hydrogen-bond donors (Lipinski definition) is 0. The van der Waals surface area contributed by atoms with Gasteiger partial charge in [0.05, 0.1) is 19.3 Å². The van der Waals surface area contributed by atoms with Crippen molar-refractivity contribution in [3.63, 3.8) is 0 Å². The van der Waals surface area contributed by atoms with Gasteiger partial charge < -0.3 is 14.5 Å². The maximum Gasteiger partial charge on any atom is 0.242 e. The van der Waals surface area contributed by atoms with Gasteiger partial charge in [0.15, 0.2) is 0 Å². The lowest BCUT2D eigenvalue weighted by Crippen LogP contribution is -2.46. The second kappa shape index (κ2) is 11.6. The van der Waals surface area contributed by atoms with Crippen LogP contribution in [0.15, 0.2) is 42.0 Å². The van der Waals surface area contributed by atoms with Gasteiger partial charge in [0.25, 0.3) is 0 Å². The maximum atomic E-state index is 13.2. The summed E-state index contributed by atoms with van der Waals surface area (Å²) in [5.74, 6) is 0.117. The number of carbonyl (C=O) groups excluding carboxylic acids is 2. The summed E-state index contributed by atoms with van der Waals surface area (Å²) in [4.78, 5) is 35.4. The lowest BCUT2D eigenvalue weighted by molar-refractivity contribution is -0.140. The molecule has 0 spiro atoms. The zero-order valence-corrected chi connectivity index (χ0v) is 19.5. The molecule has 172 valence electrons. The Hall–Kier alpha value is -2.25. The summed E-state index contributed by atoms with van der Waals surface area (Å²) in [7, 11) is 0. The summed E-state index contributed by atoms with van der Waals surface area (Å²) >= 11 is 1.72. The third kappa shape index (κ3) is 6.39. The number of carbonyl (C=O) groups is 2. The third-order valence-electron chi connectivity index (χ3n) is 6.44. The zero-order valence-electron chi connectivity index (χ0n) is 18.7. The number of thiophene rings is 1. The van der Waals surface area contributed by atoms with Gasteiger partial charge in [0, 0.05) is 42.8 Å². The van der Waals surface area contributed by atoms with Crippen LogP contribution in [-0.4, -0.2) is 58.4 Å². The van der Waals surface area contributed by atoms with Crippen LogP contribution in [0.4, 0.5) is 0 Å². The van der Waals surface area contributed by atoms with Crippen LogP contribution in [-0.2, 0) is 27.4 Å². The van der Waals surface area contributed by atoms with Crippen molar-refractivity contribution in [3.8, 4) is 0 Å². The first kappa shape index (κ1) is 22.9. The van der Waals surface area contributed by atoms with E-state index in [1.807, 2.05) is 23.1 Å². The molecule has 2 aromatic rings. The number of pyridine rings is 1. The van der Waals surface area contributed by atoms with E-state index in [1.54, 1.807) is 28.6 Å². The maximum absolute atomic E-state index is 13.2. The number of rotatable bonds is 8. The lowest BCUT2D eigenvalue weighted by Gasteiger charge is -2.34. The van der Waals surface area contributed by atoms with Crippen LogP contribution < -0.4 is 0 Å². The van der Waals surface area contributed by atoms with Crippen LogP contribution in [0.25, 0.3) is 0 Å². The second-order valence-corrected chi connectivity index (χ2v) is 9.87. The lowest BCUT2D eigenvalue weighted by atomic mass is 9.94. The van der Waals surface area contributed by atoms with Gasteiger partial charge in [-0.2, -0.15) is 0 Å². The van der Waals surface area contributed by atoms with E-state index < -0.39 is 0 Å². The molecule has 1 saturated carbocycles. The second-order valence-electron chi connectivity index (χ2n) is 8.84. The molecular weight excluding hydrogens is 422 g/mol. The standard InChI is InChI=1S/C25H33N3O3S/c29-24(12-4-10-23-11-6-14-32-23)27-16-22(31-19-20-7-5-13-26-15-20)17-28(25(30)18-27)21-8-2-1-3-9-21/h5-7,11,13-15,21-22H,1-4,8-10,12,16-19H2. The number of hydrogen-bond acceptors (Lipinski definition) is 5. The molecule has 0 bridgehead atoms. The fourth-order valence-corrected chi connectivity index (χ4v) is 5.46. The quantitative estimate of drug-likeness (QED) is 0.602. The molecule has 2 aromatic heterocycles. The third-order valence-corrected chi connectivity index (χ3v) is 7.38. The summed E-state index contributed by atoms with van der Waals surface area (Å²) in [6.45, 7) is 1.63. The average Bonchev–Trinajstić information content (AvgIpc) is 3.28. The molecule has 32 heavy (non-hydrogen) atoms. The molecule has 1 saturated heterocycles. The normalized spacial score (nSPS) is 20.4. The molecule has 2 amide bonds. The molecule has 2 aliphatic rings. The van der Waals surface area contributed by atoms with Gasteiger partial charge in [0.2, 0.25) is 11.8 Å². The molecule has 1 atom stereocenters. The van der Waals surface area contributed by atoms with Crippen molar-refractivity contribution in [1.29, 1.82) is 0 Å². The summed E-state index contributed by atoms with van der Waals surface area (Å²) in [5.41, 5.74) is 1.00. The molecule has 0 N–H and O–H groups in total. The molecular formula is C25H33N3O3S. The van der Waals surface area contributed by atoms with Crippen molar-refractivity contribution in [1.82, 2.24) is 14.8 Å². The van der Waals surface area contributed by atoms with E-state index in [1.165, 1.54) is 24.1 Å². The number of amides is 2. The minimum absolute atomic E-state index is 0.0513. The van der Waals surface area contributed by atoms with Gasteiger partial charge in [0.1, 0.15) is 0 Å². The highest BCUT2D eigenvalue weighted by molar-refractivity contribution is 7.09. The van der Waals surface area contributed by atoms with E-state index >= 15 is 0 Å². The van der Waals surface area contributed by atoms with E-state index in [2.05, 4.69) is 16.4 Å². The van der Waals surface area contributed by atoms with Crippen LogP contribution in [0.1, 0.15) is 55.4 Å². The summed E-state index contributed by atoms with van der Waals surface area (Å²) in [6, 6.07) is 8.30. The van der Waals surface area contributed by atoms with Gasteiger partial charge in [-0.1, -0.05) is 31.4 Å². The first-order valence-electron chi connectivity index (χ1n) is 11.8. The molecule has 7 heteroatoms. The Morgan fingerprint density at radius 3 is 2.78 bits per heavy atom. The smallest absolute Gasteiger partial charge is 0.242 e. The Bertz CT molecular complexity index is 853.